The summed E-state index contributed by atoms with van der Waals surface area (Å²) in [5, 5.41) is 20.6. The van der Waals surface area contributed by atoms with Gasteiger partial charge in [-0.3, -0.25) is 4.79 Å². The molecule has 0 radical (unpaired) electrons. The first-order valence-electron chi connectivity index (χ1n) is 7.03. The zero-order valence-corrected chi connectivity index (χ0v) is 12.6. The lowest BCUT2D eigenvalue weighted by molar-refractivity contribution is -0.195. The van der Waals surface area contributed by atoms with Crippen molar-refractivity contribution in [1.82, 2.24) is 0 Å². The van der Waals surface area contributed by atoms with Gasteiger partial charge in [0.25, 0.3) is 0 Å². The standard InChI is InChI=1S/C16H24O4/c1-10-5-12(20-4)7-11(9-17)13-8-15(2,3)16(13,19)14(18)6-10/h5,7,12-13,17,19H,6,8-9H2,1-4H3. The Bertz CT molecular complexity index is 475. The number of ketones is 1. The normalized spacial score (nSPS) is 36.8. The molecule has 1 fully saturated rings. The molecule has 3 atom stereocenters. The molecular formula is C16H24O4. The molecule has 1 saturated carbocycles. The number of ether oxygens (including phenoxy) is 1. The number of fused-ring (bicyclic) bond motifs is 1. The number of hydrogen-bond acceptors (Lipinski definition) is 4. The molecule has 0 aliphatic heterocycles. The van der Waals surface area contributed by atoms with Crippen molar-refractivity contribution in [2.75, 3.05) is 13.7 Å². The highest BCUT2D eigenvalue weighted by Crippen LogP contribution is 2.57. The van der Waals surface area contributed by atoms with Crippen LogP contribution in [0, 0.1) is 11.3 Å². The van der Waals surface area contributed by atoms with Crippen LogP contribution in [-0.4, -0.2) is 41.4 Å². The van der Waals surface area contributed by atoms with E-state index in [-0.39, 0.29) is 30.8 Å². The summed E-state index contributed by atoms with van der Waals surface area (Å²) in [7, 11) is 1.59. The number of allylic oxidation sites excluding steroid dienone is 1. The number of carbonyl (C=O) groups is 1. The van der Waals surface area contributed by atoms with Gasteiger partial charge in [-0.2, -0.15) is 0 Å². The van der Waals surface area contributed by atoms with Gasteiger partial charge in [-0.1, -0.05) is 31.6 Å². The predicted octanol–water partition coefficient (Wildman–Crippen LogP) is 1.62. The molecule has 0 heterocycles. The number of Topliss-reactive ketones (excluding diaryl/α,β-unsaturated/α-hetero) is 1. The van der Waals surface area contributed by atoms with Gasteiger partial charge in [0.2, 0.25) is 0 Å². The Kier molecular flexibility index (Phi) is 3.93. The van der Waals surface area contributed by atoms with Crippen LogP contribution in [0.5, 0.6) is 0 Å². The molecule has 4 nitrogen and oxygen atoms in total. The van der Waals surface area contributed by atoms with Crippen molar-refractivity contribution in [3.63, 3.8) is 0 Å². The van der Waals surface area contributed by atoms with Crippen LogP contribution in [0.3, 0.4) is 0 Å². The smallest absolute Gasteiger partial charge is 0.169 e. The minimum atomic E-state index is -1.39. The van der Waals surface area contributed by atoms with E-state index in [1.807, 2.05) is 32.9 Å². The number of methoxy groups -OCH3 is 1. The van der Waals surface area contributed by atoms with Gasteiger partial charge in [0.05, 0.1) is 12.7 Å². The van der Waals surface area contributed by atoms with E-state index in [1.165, 1.54) is 0 Å². The van der Waals surface area contributed by atoms with E-state index in [0.29, 0.717) is 12.0 Å². The maximum absolute atomic E-state index is 12.5. The van der Waals surface area contributed by atoms with Crippen molar-refractivity contribution < 1.29 is 19.7 Å². The minimum Gasteiger partial charge on any atom is -0.392 e. The quantitative estimate of drug-likeness (QED) is 0.754. The Morgan fingerprint density at radius 3 is 2.55 bits per heavy atom. The van der Waals surface area contributed by atoms with Crippen LogP contribution in [0.2, 0.25) is 0 Å². The highest BCUT2D eigenvalue weighted by Gasteiger charge is 2.64. The van der Waals surface area contributed by atoms with Crippen molar-refractivity contribution in [2.45, 2.75) is 45.3 Å². The predicted molar refractivity (Wildman–Crippen MR) is 76.2 cm³/mol. The topological polar surface area (TPSA) is 66.8 Å². The van der Waals surface area contributed by atoms with Crippen molar-refractivity contribution in [3.8, 4) is 0 Å². The molecule has 0 aromatic rings. The summed E-state index contributed by atoms with van der Waals surface area (Å²) < 4.78 is 5.36. The first-order chi connectivity index (χ1) is 9.26. The zero-order valence-electron chi connectivity index (χ0n) is 12.6. The van der Waals surface area contributed by atoms with E-state index in [1.54, 1.807) is 7.11 Å². The second-order valence-corrected chi connectivity index (χ2v) is 6.62. The largest absolute Gasteiger partial charge is 0.392 e. The maximum atomic E-state index is 12.5. The highest BCUT2D eigenvalue weighted by molar-refractivity contribution is 5.92. The van der Waals surface area contributed by atoms with E-state index < -0.39 is 11.0 Å². The average molecular weight is 280 g/mol. The molecule has 0 bridgehead atoms. The molecular weight excluding hydrogens is 256 g/mol. The summed E-state index contributed by atoms with van der Waals surface area (Å²) >= 11 is 0. The second-order valence-electron chi connectivity index (χ2n) is 6.62. The third kappa shape index (κ3) is 2.16. The highest BCUT2D eigenvalue weighted by atomic mass is 16.5. The average Bonchev–Trinajstić information content (AvgIpc) is 2.41. The molecule has 0 aromatic heterocycles. The summed E-state index contributed by atoms with van der Waals surface area (Å²) in [5.74, 6) is -0.476. The molecule has 4 heteroatoms. The minimum absolute atomic E-state index is 0.163. The Morgan fingerprint density at radius 2 is 2.05 bits per heavy atom. The molecule has 2 aliphatic rings. The van der Waals surface area contributed by atoms with Crippen LogP contribution < -0.4 is 0 Å². The fraction of sp³-hybridized carbons (Fsp3) is 0.688. The molecule has 0 amide bonds. The zero-order chi connectivity index (χ0) is 15.1. The Hall–Kier alpha value is -0.970. The van der Waals surface area contributed by atoms with Gasteiger partial charge in [-0.25, -0.2) is 0 Å². The lowest BCUT2D eigenvalue weighted by Gasteiger charge is -2.58. The Labute approximate surface area is 120 Å². The van der Waals surface area contributed by atoms with E-state index in [9.17, 15) is 15.0 Å². The van der Waals surface area contributed by atoms with Crippen molar-refractivity contribution in [3.05, 3.63) is 23.3 Å². The molecule has 20 heavy (non-hydrogen) atoms. The SMILES string of the molecule is COC1C=C(C)CC(=O)C2(O)C(CC2(C)C)C(CO)=C1. The molecule has 2 rings (SSSR count). The summed E-state index contributed by atoms with van der Waals surface area (Å²) in [5.41, 5.74) is -0.277. The number of aliphatic hydroxyl groups excluding tert-OH is 1. The van der Waals surface area contributed by atoms with Gasteiger partial charge in [-0.05, 0) is 18.9 Å². The monoisotopic (exact) mass is 280 g/mol. The van der Waals surface area contributed by atoms with Crippen LogP contribution in [0.1, 0.15) is 33.6 Å². The first-order valence-corrected chi connectivity index (χ1v) is 7.03. The third-order valence-electron chi connectivity index (χ3n) is 4.84. The van der Waals surface area contributed by atoms with Crippen molar-refractivity contribution in [1.29, 1.82) is 0 Å². The van der Waals surface area contributed by atoms with Crippen molar-refractivity contribution >= 4 is 5.78 Å². The molecule has 112 valence electrons. The van der Waals surface area contributed by atoms with Gasteiger partial charge in [0.1, 0.15) is 5.60 Å². The molecule has 2 N–H and O–H groups in total. The molecule has 0 saturated heterocycles. The summed E-state index contributed by atoms with van der Waals surface area (Å²) in [6, 6.07) is 0. The summed E-state index contributed by atoms with van der Waals surface area (Å²) in [6.45, 7) is 5.51. The van der Waals surface area contributed by atoms with E-state index in [2.05, 4.69) is 0 Å². The van der Waals surface area contributed by atoms with E-state index in [0.717, 1.165) is 5.57 Å². The van der Waals surface area contributed by atoms with Crippen LogP contribution >= 0.6 is 0 Å². The van der Waals surface area contributed by atoms with Gasteiger partial charge >= 0.3 is 0 Å². The van der Waals surface area contributed by atoms with E-state index >= 15 is 0 Å². The number of aliphatic hydroxyl groups is 2. The Morgan fingerprint density at radius 1 is 1.40 bits per heavy atom. The Balaban J connectivity index is 2.50. The molecule has 0 aromatic carbocycles. The summed E-state index contributed by atoms with van der Waals surface area (Å²) in [4.78, 5) is 12.5. The van der Waals surface area contributed by atoms with Crippen molar-refractivity contribution in [2.24, 2.45) is 11.3 Å². The van der Waals surface area contributed by atoms with Crippen LogP contribution in [0.4, 0.5) is 0 Å². The number of hydrogen-bond donors (Lipinski definition) is 2. The van der Waals surface area contributed by atoms with Crippen LogP contribution in [0.25, 0.3) is 0 Å². The number of carbonyl (C=O) groups excluding carboxylic acids is 1. The molecule has 2 aliphatic carbocycles. The lowest BCUT2D eigenvalue weighted by Crippen LogP contribution is -2.66. The van der Waals surface area contributed by atoms with Gasteiger partial charge in [-0.15, -0.1) is 0 Å². The summed E-state index contributed by atoms with van der Waals surface area (Å²) in [6.07, 6.45) is 4.35. The number of rotatable bonds is 2. The van der Waals surface area contributed by atoms with Gasteiger partial charge < -0.3 is 14.9 Å². The van der Waals surface area contributed by atoms with Gasteiger partial charge in [0, 0.05) is 24.9 Å². The maximum Gasteiger partial charge on any atom is 0.169 e. The first kappa shape index (κ1) is 15.4. The molecule has 3 unspecified atom stereocenters. The second kappa shape index (κ2) is 5.10. The third-order valence-corrected chi connectivity index (χ3v) is 4.84. The van der Waals surface area contributed by atoms with Crippen LogP contribution in [-0.2, 0) is 9.53 Å². The fourth-order valence-corrected chi connectivity index (χ4v) is 3.53. The fourth-order valence-electron chi connectivity index (χ4n) is 3.53. The lowest BCUT2D eigenvalue weighted by atomic mass is 9.48. The molecule has 0 spiro atoms. The van der Waals surface area contributed by atoms with Crippen LogP contribution in [0.15, 0.2) is 23.3 Å². The van der Waals surface area contributed by atoms with E-state index in [4.69, 9.17) is 4.74 Å². The van der Waals surface area contributed by atoms with Gasteiger partial charge in [0.15, 0.2) is 5.78 Å².